The average molecular weight is 824 g/mol. The van der Waals surface area contributed by atoms with E-state index in [1.165, 1.54) is 38.8 Å². The molecule has 0 radical (unpaired) electrons. The number of thioether (sulfide) groups is 1. The molecule has 0 saturated carbocycles. The number of hydrogen-bond acceptors (Lipinski definition) is 14. The van der Waals surface area contributed by atoms with Crippen molar-refractivity contribution in [2.24, 2.45) is 0 Å². The molecule has 6 aliphatic heterocycles. The number of aromatic hydroxyl groups is 1. The van der Waals surface area contributed by atoms with E-state index in [0.29, 0.717) is 45.9 Å². The first kappa shape index (κ1) is 40.0. The number of phenolic OH excluding ortho intramolecular Hbond substituents is 1. The van der Waals surface area contributed by atoms with E-state index in [1.807, 2.05) is 50.4 Å². The maximum absolute atomic E-state index is 14.0. The van der Waals surface area contributed by atoms with Gasteiger partial charge in [0.25, 0.3) is 0 Å². The number of esters is 2. The minimum absolute atomic E-state index is 0.000332. The molecule has 0 aliphatic carbocycles. The Balaban J connectivity index is 1.22. The van der Waals surface area contributed by atoms with Gasteiger partial charge in [-0.3, -0.25) is 24.2 Å². The summed E-state index contributed by atoms with van der Waals surface area (Å²) in [6.07, 6.45) is 3.42. The molecule has 0 aromatic heterocycles. The average Bonchev–Trinajstić information content (AvgIpc) is 3.70. The van der Waals surface area contributed by atoms with Gasteiger partial charge < -0.3 is 39.4 Å². The molecule has 8 atom stereocenters. The Morgan fingerprint density at radius 2 is 1.83 bits per heavy atom. The van der Waals surface area contributed by atoms with Crippen molar-refractivity contribution in [3.63, 3.8) is 0 Å². The Bertz CT molecular complexity index is 2310. The molecule has 15 nitrogen and oxygen atoms in total. The smallest absolute Gasteiger partial charge is 0.329 e. The molecule has 6 aliphatic rings. The van der Waals surface area contributed by atoms with Crippen molar-refractivity contribution in [2.45, 2.75) is 81.7 Å². The molecule has 59 heavy (non-hydrogen) atoms. The third-order valence-electron chi connectivity index (χ3n) is 12.0. The first-order chi connectivity index (χ1) is 28.3. The highest BCUT2D eigenvalue weighted by Gasteiger charge is 2.60. The van der Waals surface area contributed by atoms with Crippen molar-refractivity contribution >= 4 is 41.6 Å². The summed E-state index contributed by atoms with van der Waals surface area (Å²) in [4.78, 5) is 57.5. The fourth-order valence-electron chi connectivity index (χ4n) is 9.43. The van der Waals surface area contributed by atoms with Gasteiger partial charge in [0.05, 0.1) is 30.5 Å². The van der Waals surface area contributed by atoms with Gasteiger partial charge in [-0.25, -0.2) is 4.79 Å². The van der Waals surface area contributed by atoms with Gasteiger partial charge in [-0.1, -0.05) is 36.4 Å². The molecule has 6 heterocycles. The van der Waals surface area contributed by atoms with Crippen LogP contribution in [0.3, 0.4) is 0 Å². The number of benzene rings is 3. The van der Waals surface area contributed by atoms with Gasteiger partial charge in [-0.2, -0.15) is 5.26 Å². The van der Waals surface area contributed by atoms with Gasteiger partial charge in [0, 0.05) is 53.1 Å². The van der Waals surface area contributed by atoms with Gasteiger partial charge >= 0.3 is 11.9 Å². The Labute approximate surface area is 345 Å². The molecule has 16 heteroatoms. The number of likely N-dealkylation sites (N-methyl/N-ethyl adjacent to an activating group) is 1. The quantitative estimate of drug-likeness (QED) is 0.177. The fourth-order valence-corrected chi connectivity index (χ4v) is 10.9. The van der Waals surface area contributed by atoms with E-state index in [0.717, 1.165) is 16.7 Å². The van der Waals surface area contributed by atoms with Crippen LogP contribution in [-0.4, -0.2) is 102 Å². The van der Waals surface area contributed by atoms with Gasteiger partial charge in [0.2, 0.25) is 18.6 Å². The van der Waals surface area contributed by atoms with E-state index in [4.69, 9.17) is 23.7 Å². The molecule has 308 valence electrons. The fraction of sp³-hybridized carbons (Fsp3) is 0.419. The second-order valence-corrected chi connectivity index (χ2v) is 16.6. The SMILES string of the molecule is COc1c(C)cc2c(c1O)[C@@H]1C3[C@@H]4SCC(NC(=O)C(C)NC(=O)/C=C/c5ccccc5)C(=O)OC[C@@H](c5c6c(c(C)c(OC(C)=O)c54)OCO6)N3[C@@H](C#N)[C@H](C2)N1C. The van der Waals surface area contributed by atoms with E-state index in [1.54, 1.807) is 13.0 Å². The Hall–Kier alpha value is -5.76. The predicted molar refractivity (Wildman–Crippen MR) is 215 cm³/mol. The highest BCUT2D eigenvalue weighted by molar-refractivity contribution is 7.99. The summed E-state index contributed by atoms with van der Waals surface area (Å²) < 4.78 is 30.0. The number of ether oxygens (including phenoxy) is 5. The van der Waals surface area contributed by atoms with Crippen LogP contribution in [0.2, 0.25) is 0 Å². The topological polar surface area (TPSA) is 189 Å². The highest BCUT2D eigenvalue weighted by atomic mass is 32.2. The van der Waals surface area contributed by atoms with Crippen LogP contribution in [0.15, 0.2) is 42.5 Å². The predicted octanol–water partition coefficient (Wildman–Crippen LogP) is 3.93. The summed E-state index contributed by atoms with van der Waals surface area (Å²) in [7, 11) is 3.45. The first-order valence-electron chi connectivity index (χ1n) is 19.4. The molecule has 2 fully saturated rings. The second kappa shape index (κ2) is 15.8. The van der Waals surface area contributed by atoms with Crippen molar-refractivity contribution in [3.05, 3.63) is 81.4 Å². The summed E-state index contributed by atoms with van der Waals surface area (Å²) in [6.45, 7) is 6.12. The number of methoxy groups -OCH3 is 1. The van der Waals surface area contributed by atoms with Crippen LogP contribution in [0.5, 0.6) is 28.7 Å². The molecular weight excluding hydrogens is 779 g/mol. The molecule has 3 aromatic rings. The van der Waals surface area contributed by atoms with Gasteiger partial charge in [0.15, 0.2) is 23.0 Å². The lowest BCUT2D eigenvalue weighted by atomic mass is 9.71. The second-order valence-electron chi connectivity index (χ2n) is 15.4. The van der Waals surface area contributed by atoms with Crippen LogP contribution in [0.1, 0.15) is 70.1 Å². The molecule has 3 aromatic carbocycles. The number of aryl methyl sites for hydroxylation is 1. The monoisotopic (exact) mass is 823 g/mol. The number of phenols is 1. The van der Waals surface area contributed by atoms with Crippen LogP contribution in [0.4, 0.5) is 0 Å². The number of carbonyl (C=O) groups is 4. The maximum atomic E-state index is 14.0. The Morgan fingerprint density at radius 3 is 2.54 bits per heavy atom. The minimum Gasteiger partial charge on any atom is -0.504 e. The summed E-state index contributed by atoms with van der Waals surface area (Å²) in [6, 6.07) is 8.65. The van der Waals surface area contributed by atoms with Gasteiger partial charge in [-0.05, 0) is 57.0 Å². The van der Waals surface area contributed by atoms with Crippen LogP contribution in [0.25, 0.3) is 6.08 Å². The van der Waals surface area contributed by atoms with E-state index >= 15 is 0 Å². The zero-order valence-corrected chi connectivity index (χ0v) is 34.3. The van der Waals surface area contributed by atoms with Gasteiger partial charge in [0.1, 0.15) is 30.5 Å². The molecule has 4 bridgehead atoms. The van der Waals surface area contributed by atoms with E-state index in [-0.39, 0.29) is 36.7 Å². The molecule has 2 amide bonds. The van der Waals surface area contributed by atoms with Crippen molar-refractivity contribution in [1.29, 1.82) is 5.26 Å². The number of nitrogens with one attached hydrogen (secondary N) is 2. The molecule has 9 rings (SSSR count). The number of amides is 2. The molecule has 2 saturated heterocycles. The zero-order valence-electron chi connectivity index (χ0n) is 33.4. The highest BCUT2D eigenvalue weighted by Crippen LogP contribution is 2.64. The van der Waals surface area contributed by atoms with Crippen LogP contribution in [-0.2, 0) is 30.3 Å². The molecule has 3 unspecified atom stereocenters. The normalized spacial score (nSPS) is 26.1. The third-order valence-corrected chi connectivity index (χ3v) is 13.4. The van der Waals surface area contributed by atoms with Gasteiger partial charge in [-0.15, -0.1) is 11.8 Å². The van der Waals surface area contributed by atoms with E-state index < -0.39 is 65.3 Å². The van der Waals surface area contributed by atoms with E-state index in [2.05, 4.69) is 26.5 Å². The number of nitrogens with zero attached hydrogens (tertiary/aromatic N) is 3. The van der Waals surface area contributed by atoms with Crippen LogP contribution < -0.4 is 29.6 Å². The lowest BCUT2D eigenvalue weighted by Gasteiger charge is -2.61. The Kier molecular flexibility index (Phi) is 10.7. The van der Waals surface area contributed by atoms with Crippen molar-refractivity contribution in [2.75, 3.05) is 33.3 Å². The third kappa shape index (κ3) is 6.80. The standard InChI is InChI=1S/C43H45N5O10S/c1-20-14-25-15-27-28(16-44)48-29-17-55-43(53)26(46-42(52)22(3)45-30(50)13-12-24-10-8-7-9-11-24)18-59-41(35(48)34(47(27)5)31(25)36(51)37(20)54-6)33-32(29)40-39(56-19-57-40)21(2)38(33)58-23(4)49/h7-14,22,26-29,34-35,41,51H,15,17-19H2,1-6H3,(H,45,50)(H,46,52)/b13-12+/t22?,26?,27-,28-,29-,34+,35?,41+/m0/s1. The van der Waals surface area contributed by atoms with E-state index in [9.17, 15) is 29.5 Å². The van der Waals surface area contributed by atoms with Crippen molar-refractivity contribution < 1.29 is 48.0 Å². The lowest BCUT2D eigenvalue weighted by Crippen LogP contribution is -2.69. The number of carbonyl (C=O) groups excluding carboxylic acids is 4. The number of hydrogen-bond donors (Lipinski definition) is 3. The summed E-state index contributed by atoms with van der Waals surface area (Å²) in [5.41, 5.74) is 4.85. The summed E-state index contributed by atoms with van der Waals surface area (Å²) >= 11 is 1.33. The van der Waals surface area contributed by atoms with Crippen LogP contribution in [0, 0.1) is 25.2 Å². The van der Waals surface area contributed by atoms with Crippen molar-refractivity contribution in [3.8, 4) is 34.8 Å². The minimum atomic E-state index is -1.16. The maximum Gasteiger partial charge on any atom is 0.329 e. The number of piperazine rings is 1. The van der Waals surface area contributed by atoms with Crippen LogP contribution >= 0.6 is 11.8 Å². The summed E-state index contributed by atoms with van der Waals surface area (Å²) in [5.74, 6) is -0.956. The number of rotatable bonds is 7. The number of nitriles is 1. The molecule has 0 spiro atoms. The Morgan fingerprint density at radius 1 is 1.08 bits per heavy atom. The first-order valence-corrected chi connectivity index (χ1v) is 20.4. The van der Waals surface area contributed by atoms with Crippen molar-refractivity contribution in [1.82, 2.24) is 20.4 Å². The molecule has 3 N–H and O–H groups in total. The molecular formula is C43H45N5O10S. The zero-order chi connectivity index (χ0) is 41.9. The summed E-state index contributed by atoms with van der Waals surface area (Å²) in [5, 5.41) is 27.8. The lowest BCUT2D eigenvalue weighted by molar-refractivity contribution is -0.152. The largest absolute Gasteiger partial charge is 0.504 e. The number of fused-ring (bicyclic) bond motifs is 10.